The second kappa shape index (κ2) is 9.33. The number of likely N-dealkylation sites (N-methyl/N-ethyl adjacent to an activating group) is 1. The highest BCUT2D eigenvalue weighted by Crippen LogP contribution is 2.16. The van der Waals surface area contributed by atoms with Gasteiger partial charge in [0.1, 0.15) is 5.65 Å². The minimum atomic E-state index is -0.281. The van der Waals surface area contributed by atoms with Gasteiger partial charge < -0.3 is 14.0 Å². The summed E-state index contributed by atoms with van der Waals surface area (Å²) in [5.41, 5.74) is 1.94. The van der Waals surface area contributed by atoms with Crippen molar-refractivity contribution in [3.05, 3.63) is 35.8 Å². The molecule has 0 atom stereocenters. The van der Waals surface area contributed by atoms with Gasteiger partial charge in [-0.25, -0.2) is 4.98 Å². The number of fused-ring (bicyclic) bond motifs is 1. The van der Waals surface area contributed by atoms with E-state index in [0.717, 1.165) is 24.2 Å². The molecule has 0 aromatic carbocycles. The number of unbranched alkanes of at least 4 members (excludes halogenated alkanes) is 1. The van der Waals surface area contributed by atoms with E-state index < -0.39 is 0 Å². The zero-order valence-electron chi connectivity index (χ0n) is 16.1. The summed E-state index contributed by atoms with van der Waals surface area (Å²) in [5, 5.41) is 0. The van der Waals surface area contributed by atoms with Crippen molar-refractivity contribution >= 4 is 17.5 Å². The number of ether oxygens (including phenoxy) is 1. The summed E-state index contributed by atoms with van der Waals surface area (Å²) in [6, 6.07) is 5.67. The Morgan fingerprint density at radius 1 is 1.23 bits per heavy atom. The number of hydrogen-bond donors (Lipinski definition) is 0. The zero-order valence-corrected chi connectivity index (χ0v) is 16.1. The van der Waals surface area contributed by atoms with Gasteiger partial charge in [0.2, 0.25) is 0 Å². The van der Waals surface area contributed by atoms with E-state index in [-0.39, 0.29) is 18.4 Å². The Hall–Kier alpha value is -2.41. The number of imidazole rings is 1. The summed E-state index contributed by atoms with van der Waals surface area (Å²) >= 11 is 0. The minimum absolute atomic E-state index is 0.0957. The SMILES string of the molecule is CCCCN(C)C(=O)c1nc2ccccn2c1CN(C)CC(=O)OCC. The van der Waals surface area contributed by atoms with Gasteiger partial charge in [0.05, 0.1) is 18.8 Å². The van der Waals surface area contributed by atoms with Crippen LogP contribution in [0.25, 0.3) is 5.65 Å². The second-order valence-electron chi connectivity index (χ2n) is 6.39. The van der Waals surface area contributed by atoms with Gasteiger partial charge in [0.15, 0.2) is 5.69 Å². The maximum Gasteiger partial charge on any atom is 0.320 e. The van der Waals surface area contributed by atoms with Crippen LogP contribution in [0, 0.1) is 0 Å². The van der Waals surface area contributed by atoms with Gasteiger partial charge in [-0.2, -0.15) is 0 Å². The molecule has 142 valence electrons. The van der Waals surface area contributed by atoms with Gasteiger partial charge in [-0.05, 0) is 32.5 Å². The van der Waals surface area contributed by atoms with Crippen LogP contribution in [0.3, 0.4) is 0 Å². The van der Waals surface area contributed by atoms with Crippen LogP contribution in [-0.4, -0.2) is 64.9 Å². The van der Waals surface area contributed by atoms with Crippen LogP contribution in [0.15, 0.2) is 24.4 Å². The fourth-order valence-electron chi connectivity index (χ4n) is 2.79. The van der Waals surface area contributed by atoms with Gasteiger partial charge in [0.25, 0.3) is 5.91 Å². The van der Waals surface area contributed by atoms with E-state index in [0.29, 0.717) is 25.4 Å². The van der Waals surface area contributed by atoms with Crippen LogP contribution in [-0.2, 0) is 16.1 Å². The number of carbonyl (C=O) groups excluding carboxylic acids is 2. The maximum atomic E-state index is 12.9. The number of pyridine rings is 1. The highest BCUT2D eigenvalue weighted by atomic mass is 16.5. The summed E-state index contributed by atoms with van der Waals surface area (Å²) in [6.45, 7) is 5.51. The average molecular weight is 360 g/mol. The maximum absolute atomic E-state index is 12.9. The first-order valence-electron chi connectivity index (χ1n) is 9.03. The van der Waals surface area contributed by atoms with Crippen molar-refractivity contribution in [3.8, 4) is 0 Å². The third-order valence-electron chi connectivity index (χ3n) is 4.15. The molecule has 7 heteroatoms. The van der Waals surface area contributed by atoms with Gasteiger partial charge >= 0.3 is 5.97 Å². The van der Waals surface area contributed by atoms with Crippen LogP contribution in [0.1, 0.15) is 42.9 Å². The Morgan fingerprint density at radius 2 is 2.00 bits per heavy atom. The van der Waals surface area contributed by atoms with Crippen LogP contribution in [0.5, 0.6) is 0 Å². The molecular weight excluding hydrogens is 332 g/mol. The molecule has 0 saturated carbocycles. The van der Waals surface area contributed by atoms with Crippen LogP contribution in [0.4, 0.5) is 0 Å². The molecule has 0 unspecified atom stereocenters. The van der Waals surface area contributed by atoms with Crippen molar-refractivity contribution in [2.75, 3.05) is 33.8 Å². The Bertz CT molecular complexity index is 756. The molecular formula is C19H28N4O3. The number of rotatable bonds is 9. The largest absolute Gasteiger partial charge is 0.465 e. The number of amides is 1. The van der Waals surface area contributed by atoms with E-state index in [2.05, 4.69) is 11.9 Å². The lowest BCUT2D eigenvalue weighted by atomic mass is 10.2. The standard InChI is InChI=1S/C19H28N4O3/c1-5-7-11-22(4)19(25)18-15(13-21(3)14-17(24)26-6-2)23-12-9-8-10-16(23)20-18/h8-10,12H,5-7,11,13-14H2,1-4H3. The topological polar surface area (TPSA) is 67.2 Å². The molecule has 0 N–H and O–H groups in total. The fraction of sp³-hybridized carbons (Fsp3) is 0.526. The molecule has 0 spiro atoms. The molecule has 2 aromatic rings. The molecule has 0 radical (unpaired) electrons. The number of hydrogen-bond acceptors (Lipinski definition) is 5. The van der Waals surface area contributed by atoms with E-state index in [4.69, 9.17) is 4.74 Å². The lowest BCUT2D eigenvalue weighted by molar-refractivity contribution is -0.144. The summed E-state index contributed by atoms with van der Waals surface area (Å²) < 4.78 is 6.91. The molecule has 2 rings (SSSR count). The monoisotopic (exact) mass is 360 g/mol. The molecule has 0 bridgehead atoms. The van der Waals surface area contributed by atoms with Crippen molar-refractivity contribution < 1.29 is 14.3 Å². The summed E-state index contributed by atoms with van der Waals surface area (Å²) in [4.78, 5) is 32.7. The Labute approximate surface area is 154 Å². The van der Waals surface area contributed by atoms with E-state index in [9.17, 15) is 9.59 Å². The van der Waals surface area contributed by atoms with E-state index in [1.807, 2.05) is 40.7 Å². The highest BCUT2D eigenvalue weighted by Gasteiger charge is 2.23. The molecule has 0 aliphatic heterocycles. The Morgan fingerprint density at radius 3 is 2.69 bits per heavy atom. The highest BCUT2D eigenvalue weighted by molar-refractivity contribution is 5.94. The summed E-state index contributed by atoms with van der Waals surface area (Å²) in [5.74, 6) is -0.376. The molecule has 7 nitrogen and oxygen atoms in total. The smallest absolute Gasteiger partial charge is 0.320 e. The van der Waals surface area contributed by atoms with Crippen LogP contribution < -0.4 is 0 Å². The van der Waals surface area contributed by atoms with Crippen molar-refractivity contribution in [2.24, 2.45) is 0 Å². The molecule has 0 saturated heterocycles. The number of aromatic nitrogens is 2. The summed E-state index contributed by atoms with van der Waals surface area (Å²) in [6.07, 6.45) is 3.87. The van der Waals surface area contributed by atoms with Crippen molar-refractivity contribution in [1.29, 1.82) is 0 Å². The molecule has 0 aliphatic carbocycles. The van der Waals surface area contributed by atoms with E-state index >= 15 is 0 Å². The first-order chi connectivity index (χ1) is 12.5. The van der Waals surface area contributed by atoms with Crippen molar-refractivity contribution in [1.82, 2.24) is 19.2 Å². The molecule has 0 fully saturated rings. The number of carbonyl (C=O) groups is 2. The molecule has 1 amide bonds. The predicted octanol–water partition coefficient (Wildman–Crippen LogP) is 2.20. The van der Waals surface area contributed by atoms with E-state index in [1.165, 1.54) is 0 Å². The Kier molecular flexibility index (Phi) is 7.15. The third-order valence-corrected chi connectivity index (χ3v) is 4.15. The van der Waals surface area contributed by atoms with Gasteiger partial charge in [0, 0.05) is 26.3 Å². The van der Waals surface area contributed by atoms with Gasteiger partial charge in [-0.3, -0.25) is 14.5 Å². The molecule has 26 heavy (non-hydrogen) atoms. The first-order valence-corrected chi connectivity index (χ1v) is 9.03. The summed E-state index contributed by atoms with van der Waals surface area (Å²) in [7, 11) is 3.63. The molecule has 2 heterocycles. The third kappa shape index (κ3) is 4.82. The molecule has 2 aromatic heterocycles. The second-order valence-corrected chi connectivity index (χ2v) is 6.39. The van der Waals surface area contributed by atoms with Gasteiger partial charge in [-0.15, -0.1) is 0 Å². The first kappa shape index (κ1) is 19.9. The fourth-order valence-corrected chi connectivity index (χ4v) is 2.79. The number of esters is 1. The zero-order chi connectivity index (χ0) is 19.1. The lowest BCUT2D eigenvalue weighted by Crippen LogP contribution is -2.31. The normalized spacial score (nSPS) is 11.1. The van der Waals surface area contributed by atoms with Crippen LogP contribution in [0.2, 0.25) is 0 Å². The average Bonchev–Trinajstić information content (AvgIpc) is 2.97. The molecule has 0 aliphatic rings. The van der Waals surface area contributed by atoms with Crippen molar-refractivity contribution in [3.63, 3.8) is 0 Å². The Balaban J connectivity index is 2.28. The quantitative estimate of drug-likeness (QED) is 0.642. The minimum Gasteiger partial charge on any atom is -0.465 e. The van der Waals surface area contributed by atoms with Crippen LogP contribution >= 0.6 is 0 Å². The predicted molar refractivity (Wildman–Crippen MR) is 100 cm³/mol. The number of nitrogens with zero attached hydrogens (tertiary/aromatic N) is 4. The van der Waals surface area contributed by atoms with Gasteiger partial charge in [-0.1, -0.05) is 19.4 Å². The lowest BCUT2D eigenvalue weighted by Gasteiger charge is -2.19. The van der Waals surface area contributed by atoms with E-state index in [1.54, 1.807) is 18.9 Å². The van der Waals surface area contributed by atoms with Crippen molar-refractivity contribution in [2.45, 2.75) is 33.2 Å².